The summed E-state index contributed by atoms with van der Waals surface area (Å²) in [6.45, 7) is 2.71. The zero-order chi connectivity index (χ0) is 11.1. The maximum Gasteiger partial charge on any atom is 0.119 e. The van der Waals surface area contributed by atoms with Crippen molar-refractivity contribution in [2.24, 2.45) is 4.99 Å². The molecule has 0 aliphatic carbocycles. The van der Waals surface area contributed by atoms with Gasteiger partial charge in [0, 0.05) is 6.04 Å². The van der Waals surface area contributed by atoms with Crippen LogP contribution in [0.5, 0.6) is 5.75 Å². The lowest BCUT2D eigenvalue weighted by atomic mass is 10.3. The summed E-state index contributed by atoms with van der Waals surface area (Å²) in [5.41, 5.74) is 0.791. The summed E-state index contributed by atoms with van der Waals surface area (Å²) in [6, 6.07) is 7.77. The highest BCUT2D eigenvalue weighted by molar-refractivity contribution is 7.78. The van der Waals surface area contributed by atoms with Gasteiger partial charge in [0.05, 0.1) is 10.8 Å². The van der Waals surface area contributed by atoms with Gasteiger partial charge in [-0.1, -0.05) is 0 Å². The molecule has 0 unspecified atom stereocenters. The van der Waals surface area contributed by atoms with E-state index >= 15 is 0 Å². The second-order valence-electron chi connectivity index (χ2n) is 3.20. The van der Waals surface area contributed by atoms with Gasteiger partial charge in [-0.3, -0.25) is 0 Å². The number of isothiocyanates is 1. The number of hydrogen-bond donors (Lipinski definition) is 1. The lowest BCUT2D eigenvalue weighted by Crippen LogP contribution is -2.28. The molecular weight excluding hydrogens is 208 g/mol. The molecule has 0 aliphatic rings. The van der Waals surface area contributed by atoms with Crippen molar-refractivity contribution in [1.82, 2.24) is 5.32 Å². The third-order valence-corrected chi connectivity index (χ3v) is 2.10. The molecule has 1 aromatic carbocycles. The summed E-state index contributed by atoms with van der Waals surface area (Å²) in [4.78, 5) is 3.86. The lowest BCUT2D eigenvalue weighted by molar-refractivity contribution is 0.280. The van der Waals surface area contributed by atoms with Crippen LogP contribution in [-0.2, 0) is 0 Å². The van der Waals surface area contributed by atoms with E-state index in [0.717, 1.165) is 11.4 Å². The van der Waals surface area contributed by atoms with Crippen LogP contribution in [0.15, 0.2) is 29.3 Å². The normalized spacial score (nSPS) is 11.6. The van der Waals surface area contributed by atoms with Crippen LogP contribution < -0.4 is 10.1 Å². The number of benzene rings is 1. The van der Waals surface area contributed by atoms with Crippen LogP contribution >= 0.6 is 12.2 Å². The third-order valence-electron chi connectivity index (χ3n) is 2.00. The van der Waals surface area contributed by atoms with E-state index in [1.807, 2.05) is 31.3 Å². The molecule has 0 fully saturated rings. The van der Waals surface area contributed by atoms with Crippen molar-refractivity contribution in [2.75, 3.05) is 13.7 Å². The summed E-state index contributed by atoms with van der Waals surface area (Å²) >= 11 is 4.51. The van der Waals surface area contributed by atoms with Crippen molar-refractivity contribution < 1.29 is 4.74 Å². The van der Waals surface area contributed by atoms with Gasteiger partial charge in [0.1, 0.15) is 12.4 Å². The maximum atomic E-state index is 5.54. The van der Waals surface area contributed by atoms with Gasteiger partial charge >= 0.3 is 0 Å². The van der Waals surface area contributed by atoms with Crippen molar-refractivity contribution >= 4 is 23.1 Å². The Balaban J connectivity index is 2.53. The molecule has 1 aromatic rings. The quantitative estimate of drug-likeness (QED) is 0.613. The van der Waals surface area contributed by atoms with E-state index in [4.69, 9.17) is 4.74 Å². The van der Waals surface area contributed by atoms with Crippen LogP contribution in [0.1, 0.15) is 6.92 Å². The highest BCUT2D eigenvalue weighted by atomic mass is 32.1. The fourth-order valence-corrected chi connectivity index (χ4v) is 1.08. The van der Waals surface area contributed by atoms with Gasteiger partial charge in [0.25, 0.3) is 0 Å². The van der Waals surface area contributed by atoms with Crippen LogP contribution in [0.2, 0.25) is 0 Å². The Morgan fingerprint density at radius 2 is 2.13 bits per heavy atom. The molecule has 0 aliphatic heterocycles. The van der Waals surface area contributed by atoms with Crippen molar-refractivity contribution in [1.29, 1.82) is 0 Å². The first-order chi connectivity index (χ1) is 7.26. The molecule has 1 rings (SSSR count). The van der Waals surface area contributed by atoms with Crippen LogP contribution in [0.4, 0.5) is 5.69 Å². The van der Waals surface area contributed by atoms with E-state index in [2.05, 4.69) is 34.6 Å². The van der Waals surface area contributed by atoms with Crippen LogP contribution in [0, 0.1) is 0 Å². The number of nitrogens with one attached hydrogen (secondary N) is 1. The lowest BCUT2D eigenvalue weighted by Gasteiger charge is -2.11. The minimum atomic E-state index is 0.337. The van der Waals surface area contributed by atoms with Crippen molar-refractivity contribution in [3.05, 3.63) is 24.3 Å². The van der Waals surface area contributed by atoms with Crippen LogP contribution in [0.25, 0.3) is 0 Å². The number of likely N-dealkylation sites (N-methyl/N-ethyl adjacent to an activating group) is 1. The van der Waals surface area contributed by atoms with Gasteiger partial charge in [0.2, 0.25) is 0 Å². The minimum absolute atomic E-state index is 0.337. The van der Waals surface area contributed by atoms with Gasteiger partial charge in [0.15, 0.2) is 0 Å². The molecular formula is C11H14N2OS. The molecule has 4 heteroatoms. The van der Waals surface area contributed by atoms with E-state index in [9.17, 15) is 0 Å². The largest absolute Gasteiger partial charge is 0.492 e. The molecule has 0 radical (unpaired) electrons. The number of aliphatic imine (C=N–C) groups is 1. The average Bonchev–Trinajstić information content (AvgIpc) is 2.28. The van der Waals surface area contributed by atoms with Crippen molar-refractivity contribution in [3.63, 3.8) is 0 Å². The molecule has 0 aromatic heterocycles. The summed E-state index contributed by atoms with van der Waals surface area (Å²) in [5, 5.41) is 5.42. The minimum Gasteiger partial charge on any atom is -0.492 e. The smallest absolute Gasteiger partial charge is 0.119 e. The molecule has 3 nitrogen and oxygen atoms in total. The SMILES string of the molecule is CN[C@H](C)COc1ccc(N=C=S)cc1. The van der Waals surface area contributed by atoms with Gasteiger partial charge in [-0.05, 0) is 50.5 Å². The molecule has 0 amide bonds. The number of hydrogen-bond acceptors (Lipinski definition) is 4. The molecule has 0 saturated carbocycles. The topological polar surface area (TPSA) is 33.6 Å². The van der Waals surface area contributed by atoms with Crippen molar-refractivity contribution in [3.8, 4) is 5.75 Å². The molecule has 80 valence electrons. The van der Waals surface area contributed by atoms with Crippen LogP contribution in [0.3, 0.4) is 0 Å². The average molecular weight is 222 g/mol. The monoisotopic (exact) mass is 222 g/mol. The predicted molar refractivity (Wildman–Crippen MR) is 65.1 cm³/mol. The predicted octanol–water partition coefficient (Wildman–Crippen LogP) is 2.41. The number of ether oxygens (including phenoxy) is 1. The first kappa shape index (κ1) is 11.9. The first-order valence-corrected chi connectivity index (χ1v) is 5.15. The molecule has 0 saturated heterocycles. The summed E-state index contributed by atoms with van der Waals surface area (Å²) < 4.78 is 5.54. The molecule has 0 bridgehead atoms. The van der Waals surface area contributed by atoms with E-state index in [0.29, 0.717) is 12.6 Å². The Kier molecular flexibility index (Phi) is 4.98. The second-order valence-corrected chi connectivity index (χ2v) is 3.38. The van der Waals surface area contributed by atoms with Gasteiger partial charge < -0.3 is 10.1 Å². The third kappa shape index (κ3) is 4.21. The highest BCUT2D eigenvalue weighted by Crippen LogP contribution is 2.17. The van der Waals surface area contributed by atoms with E-state index < -0.39 is 0 Å². The van der Waals surface area contributed by atoms with E-state index in [1.54, 1.807) is 0 Å². The Bertz CT molecular complexity index is 344. The molecule has 1 N–H and O–H groups in total. The number of nitrogens with zero attached hydrogens (tertiary/aromatic N) is 1. The van der Waals surface area contributed by atoms with Crippen LogP contribution in [-0.4, -0.2) is 24.9 Å². The second kappa shape index (κ2) is 6.30. The number of rotatable bonds is 5. The Morgan fingerprint density at radius 1 is 1.47 bits per heavy atom. The molecule has 0 spiro atoms. The first-order valence-electron chi connectivity index (χ1n) is 4.74. The maximum absolute atomic E-state index is 5.54. The fourth-order valence-electron chi connectivity index (χ4n) is 0.974. The van der Waals surface area contributed by atoms with Gasteiger partial charge in [-0.25, -0.2) is 0 Å². The Hall–Kier alpha value is -1.22. The summed E-state index contributed by atoms with van der Waals surface area (Å²) in [7, 11) is 1.91. The van der Waals surface area contributed by atoms with E-state index in [1.165, 1.54) is 0 Å². The van der Waals surface area contributed by atoms with Gasteiger partial charge in [-0.2, -0.15) is 4.99 Å². The van der Waals surface area contributed by atoms with Gasteiger partial charge in [-0.15, -0.1) is 0 Å². The molecule has 1 atom stereocenters. The standard InChI is InChI=1S/C11H14N2OS/c1-9(12-2)7-14-11-5-3-10(4-6-11)13-8-15/h3-6,9,12H,7H2,1-2H3/t9-/m1/s1. The van der Waals surface area contributed by atoms with Crippen molar-refractivity contribution in [2.45, 2.75) is 13.0 Å². The summed E-state index contributed by atoms with van der Waals surface area (Å²) in [6.07, 6.45) is 0. The van der Waals surface area contributed by atoms with E-state index in [-0.39, 0.29) is 0 Å². The Labute approximate surface area is 95.2 Å². The molecule has 15 heavy (non-hydrogen) atoms. The summed E-state index contributed by atoms with van der Waals surface area (Å²) in [5.74, 6) is 0.834. The number of thiocarbonyl (C=S) groups is 1. The Morgan fingerprint density at radius 3 is 2.67 bits per heavy atom. The highest BCUT2D eigenvalue weighted by Gasteiger charge is 1.99. The molecule has 0 heterocycles. The zero-order valence-corrected chi connectivity index (χ0v) is 9.67. The zero-order valence-electron chi connectivity index (χ0n) is 8.86. The fraction of sp³-hybridized carbons (Fsp3) is 0.364.